The summed E-state index contributed by atoms with van der Waals surface area (Å²) in [5, 5.41) is 2.99. The maximum absolute atomic E-state index is 13.0. The first-order chi connectivity index (χ1) is 11.1. The van der Waals surface area contributed by atoms with Gasteiger partial charge >= 0.3 is 0 Å². The van der Waals surface area contributed by atoms with Crippen molar-refractivity contribution in [3.63, 3.8) is 0 Å². The van der Waals surface area contributed by atoms with E-state index in [-0.39, 0.29) is 11.8 Å². The third-order valence-electron chi connectivity index (χ3n) is 3.70. The van der Waals surface area contributed by atoms with Crippen molar-refractivity contribution in [3.05, 3.63) is 53.9 Å². The van der Waals surface area contributed by atoms with Crippen LogP contribution in [0.15, 0.2) is 42.6 Å². The van der Waals surface area contributed by atoms with Gasteiger partial charge in [-0.05, 0) is 24.3 Å². The monoisotopic (exact) mass is 334 g/mol. The van der Waals surface area contributed by atoms with Crippen LogP contribution in [0, 0.1) is 0 Å². The highest BCUT2D eigenvalue weighted by Crippen LogP contribution is 2.32. The molecule has 0 aliphatic rings. The Bertz CT molecular complexity index is 638. The molecule has 0 N–H and O–H groups in total. The number of carbonyl (C=O) groups is 1. The van der Waals surface area contributed by atoms with E-state index >= 15 is 0 Å². The summed E-state index contributed by atoms with van der Waals surface area (Å²) < 4.78 is 12.5. The number of thioether (sulfide) groups is 1. The van der Waals surface area contributed by atoms with Crippen LogP contribution < -0.4 is 0 Å². The van der Waals surface area contributed by atoms with Gasteiger partial charge in [0.05, 0.1) is 6.04 Å². The lowest BCUT2D eigenvalue weighted by Crippen LogP contribution is -2.41. The highest BCUT2D eigenvalue weighted by atomic mass is 32.2. The molecule has 0 aliphatic heterocycles. The van der Waals surface area contributed by atoms with Crippen LogP contribution in [0.3, 0.4) is 0 Å². The molecule has 1 atom stereocenters. The van der Waals surface area contributed by atoms with Gasteiger partial charge in [-0.25, -0.2) is 0 Å². The highest BCUT2D eigenvalue weighted by Gasteiger charge is 2.42. The van der Waals surface area contributed by atoms with Crippen molar-refractivity contribution in [2.75, 3.05) is 20.0 Å². The van der Waals surface area contributed by atoms with Gasteiger partial charge in [-0.1, -0.05) is 49.0 Å². The molecule has 6 heteroatoms. The average molecular weight is 334 g/mol. The van der Waals surface area contributed by atoms with E-state index in [2.05, 4.69) is 5.10 Å². The van der Waals surface area contributed by atoms with Crippen LogP contribution in [0.4, 0.5) is 0 Å². The van der Waals surface area contributed by atoms with Crippen molar-refractivity contribution in [1.82, 2.24) is 9.78 Å². The van der Waals surface area contributed by atoms with E-state index in [0.29, 0.717) is 11.4 Å². The number of Topliss-reactive ketones (excluding diaryl/α,β-unsaturated/α-hetero) is 1. The summed E-state index contributed by atoms with van der Waals surface area (Å²) in [6.07, 6.45) is 1.62. The number of hydrogen-bond acceptors (Lipinski definition) is 5. The normalized spacial score (nSPS) is 13.0. The van der Waals surface area contributed by atoms with Gasteiger partial charge in [0.2, 0.25) is 0 Å². The Kier molecular flexibility index (Phi) is 5.98. The minimum absolute atomic E-state index is 0.0665. The van der Waals surface area contributed by atoms with Crippen LogP contribution in [0.5, 0.6) is 0 Å². The second kappa shape index (κ2) is 7.77. The third kappa shape index (κ3) is 3.49. The average Bonchev–Trinajstić information content (AvgIpc) is 3.09. The molecule has 2 rings (SSSR count). The number of methoxy groups -OCH3 is 2. The maximum atomic E-state index is 13.0. The van der Waals surface area contributed by atoms with Crippen molar-refractivity contribution in [2.45, 2.75) is 25.0 Å². The molecule has 23 heavy (non-hydrogen) atoms. The van der Waals surface area contributed by atoms with E-state index < -0.39 is 5.12 Å². The molecule has 124 valence electrons. The number of ether oxygens (including phenoxy) is 2. The summed E-state index contributed by atoms with van der Waals surface area (Å²) in [6, 6.07) is 11.6. The van der Waals surface area contributed by atoms with Crippen molar-refractivity contribution < 1.29 is 14.3 Å². The Hall–Kier alpha value is -1.63. The second-order valence-electron chi connectivity index (χ2n) is 4.97. The quantitative estimate of drug-likeness (QED) is 0.547. The summed E-state index contributed by atoms with van der Waals surface area (Å²) in [5.41, 5.74) is 1.54. The molecule has 1 heterocycles. The molecule has 0 radical (unpaired) electrons. The molecule has 0 bridgehead atoms. The predicted molar refractivity (Wildman–Crippen MR) is 91.7 cm³/mol. The zero-order valence-electron chi connectivity index (χ0n) is 13.9. The minimum Gasteiger partial charge on any atom is -0.338 e. The van der Waals surface area contributed by atoms with Crippen LogP contribution >= 0.6 is 11.8 Å². The molecule has 5 nitrogen and oxygen atoms in total. The number of benzene rings is 1. The molecule has 0 saturated carbocycles. The first kappa shape index (κ1) is 17.7. The minimum atomic E-state index is -1.34. The molecule has 0 spiro atoms. The molecule has 0 fully saturated rings. The molecule has 0 saturated heterocycles. The Balaban J connectivity index is 2.38. The lowest BCUT2D eigenvalue weighted by molar-refractivity contribution is -0.102. The molecule has 0 unspecified atom stereocenters. The van der Waals surface area contributed by atoms with Crippen molar-refractivity contribution in [1.29, 1.82) is 0 Å². The van der Waals surface area contributed by atoms with E-state index in [4.69, 9.17) is 9.47 Å². The Morgan fingerprint density at radius 1 is 1.26 bits per heavy atom. The fourth-order valence-electron chi connectivity index (χ4n) is 2.47. The van der Waals surface area contributed by atoms with Crippen molar-refractivity contribution in [3.8, 4) is 0 Å². The maximum Gasteiger partial charge on any atom is 0.286 e. The number of ketones is 1. The first-order valence-corrected chi connectivity index (χ1v) is 8.45. The van der Waals surface area contributed by atoms with Crippen LogP contribution in [-0.2, 0) is 9.47 Å². The van der Waals surface area contributed by atoms with Gasteiger partial charge in [0.25, 0.3) is 10.9 Å². The standard InChI is InChI=1S/C17H22N2O3S/c1-5-23-17(21-3,22-4)16(20)15-11-12-18-19(15)13(2)14-9-7-6-8-10-14/h6-13H,5H2,1-4H3/t13-/m1/s1. The van der Waals surface area contributed by atoms with Crippen LogP contribution in [-0.4, -0.2) is 40.7 Å². The van der Waals surface area contributed by atoms with E-state index in [9.17, 15) is 4.79 Å². The first-order valence-electron chi connectivity index (χ1n) is 7.47. The molecular weight excluding hydrogens is 312 g/mol. The lowest BCUT2D eigenvalue weighted by Gasteiger charge is -2.28. The summed E-state index contributed by atoms with van der Waals surface area (Å²) in [5.74, 6) is 0.449. The van der Waals surface area contributed by atoms with E-state index in [1.54, 1.807) is 16.9 Å². The number of carbonyl (C=O) groups excluding carboxylic acids is 1. The van der Waals surface area contributed by atoms with Gasteiger partial charge in [-0.2, -0.15) is 5.10 Å². The van der Waals surface area contributed by atoms with Crippen molar-refractivity contribution in [2.24, 2.45) is 0 Å². The van der Waals surface area contributed by atoms with Crippen LogP contribution in [0.25, 0.3) is 0 Å². The fraction of sp³-hybridized carbons (Fsp3) is 0.412. The van der Waals surface area contributed by atoms with Gasteiger partial charge in [-0.3, -0.25) is 9.48 Å². The third-order valence-corrected chi connectivity index (χ3v) is 4.89. The highest BCUT2D eigenvalue weighted by molar-refractivity contribution is 8.01. The molecule has 1 aromatic heterocycles. The van der Waals surface area contributed by atoms with Crippen LogP contribution in [0.1, 0.15) is 35.9 Å². The molecule has 0 aliphatic carbocycles. The number of aromatic nitrogens is 2. The van der Waals surface area contributed by atoms with E-state index in [1.165, 1.54) is 26.0 Å². The summed E-state index contributed by atoms with van der Waals surface area (Å²) in [6.45, 7) is 3.96. The van der Waals surface area contributed by atoms with E-state index in [0.717, 1.165) is 5.56 Å². The van der Waals surface area contributed by atoms with Gasteiger partial charge in [0.1, 0.15) is 5.69 Å². The SMILES string of the molecule is CCSC(OC)(OC)C(=O)c1ccnn1[C@H](C)c1ccccc1. The van der Waals surface area contributed by atoms with Gasteiger partial charge in [0.15, 0.2) is 0 Å². The fourth-order valence-corrected chi connectivity index (χ4v) is 3.33. The summed E-state index contributed by atoms with van der Waals surface area (Å²) >= 11 is 1.31. The van der Waals surface area contributed by atoms with Gasteiger partial charge < -0.3 is 9.47 Å². The number of rotatable bonds is 8. The number of hydrogen-bond donors (Lipinski definition) is 0. The smallest absolute Gasteiger partial charge is 0.286 e. The molecule has 2 aromatic rings. The lowest BCUT2D eigenvalue weighted by atomic mass is 10.1. The second-order valence-corrected chi connectivity index (χ2v) is 6.38. The van der Waals surface area contributed by atoms with Gasteiger partial charge in [0, 0.05) is 20.4 Å². The van der Waals surface area contributed by atoms with Crippen LogP contribution in [0.2, 0.25) is 0 Å². The Labute approximate surface area is 141 Å². The zero-order valence-corrected chi connectivity index (χ0v) is 14.7. The molecular formula is C17H22N2O3S. The topological polar surface area (TPSA) is 53.4 Å². The molecule has 1 aromatic carbocycles. The predicted octanol–water partition coefficient (Wildman–Crippen LogP) is 3.37. The van der Waals surface area contributed by atoms with Crippen molar-refractivity contribution >= 4 is 17.5 Å². The molecule has 0 amide bonds. The Morgan fingerprint density at radius 2 is 1.91 bits per heavy atom. The largest absolute Gasteiger partial charge is 0.338 e. The zero-order chi connectivity index (χ0) is 16.9. The number of nitrogens with zero attached hydrogens (tertiary/aromatic N) is 2. The van der Waals surface area contributed by atoms with E-state index in [1.807, 2.05) is 44.2 Å². The summed E-state index contributed by atoms with van der Waals surface area (Å²) in [4.78, 5) is 13.0. The van der Waals surface area contributed by atoms with Gasteiger partial charge in [-0.15, -0.1) is 0 Å². The Morgan fingerprint density at radius 3 is 2.48 bits per heavy atom. The summed E-state index contributed by atoms with van der Waals surface area (Å²) in [7, 11) is 2.96.